The van der Waals surface area contributed by atoms with Gasteiger partial charge in [0.05, 0.1) is 10.6 Å². The molecule has 1 amide bonds. The summed E-state index contributed by atoms with van der Waals surface area (Å²) in [7, 11) is 0. The normalized spacial score (nSPS) is 19.9. The molecule has 0 bridgehead atoms. The first-order valence-corrected chi connectivity index (χ1v) is 8.28. The fourth-order valence-corrected chi connectivity index (χ4v) is 4.41. The zero-order chi connectivity index (χ0) is 13.2. The van der Waals surface area contributed by atoms with Crippen molar-refractivity contribution in [2.45, 2.75) is 51.4 Å². The van der Waals surface area contributed by atoms with Gasteiger partial charge in [-0.3, -0.25) is 4.79 Å². The molecule has 0 atom stereocenters. The minimum Gasteiger partial charge on any atom is -0.390 e. The average Bonchev–Trinajstić information content (AvgIpc) is 2.61. The van der Waals surface area contributed by atoms with Gasteiger partial charge in [-0.05, 0) is 44.1 Å². The second-order valence-electron chi connectivity index (χ2n) is 5.66. The second kappa shape index (κ2) is 5.53. The van der Waals surface area contributed by atoms with E-state index in [4.69, 9.17) is 5.73 Å². The number of nitrogen functional groups attached to an aromatic ring is 1. The SMILES string of the molecule is Nc1sc2c(c1C(=O)N1CCCCCC1)CCCC2. The molecule has 2 N–H and O–H groups in total. The lowest BCUT2D eigenvalue weighted by molar-refractivity contribution is 0.0762. The van der Waals surface area contributed by atoms with Gasteiger partial charge in [0.2, 0.25) is 0 Å². The Kier molecular flexibility index (Phi) is 3.78. The van der Waals surface area contributed by atoms with Crippen molar-refractivity contribution in [1.29, 1.82) is 0 Å². The van der Waals surface area contributed by atoms with Crippen LogP contribution in [0, 0.1) is 0 Å². The van der Waals surface area contributed by atoms with E-state index in [1.807, 2.05) is 4.90 Å². The van der Waals surface area contributed by atoms with Crippen LogP contribution in [-0.2, 0) is 12.8 Å². The van der Waals surface area contributed by atoms with Crippen LogP contribution in [-0.4, -0.2) is 23.9 Å². The lowest BCUT2D eigenvalue weighted by Gasteiger charge is -2.22. The standard InChI is InChI=1S/C15H22N2OS/c16-14-13(11-7-3-4-8-12(11)19-14)15(18)17-9-5-1-2-6-10-17/h1-10,16H2. The highest BCUT2D eigenvalue weighted by Crippen LogP contribution is 2.37. The van der Waals surface area contributed by atoms with E-state index in [1.165, 1.54) is 36.1 Å². The van der Waals surface area contributed by atoms with E-state index in [2.05, 4.69) is 0 Å². The number of nitrogens with two attached hydrogens (primary N) is 1. The highest BCUT2D eigenvalue weighted by atomic mass is 32.1. The molecule has 0 spiro atoms. The molecule has 2 aliphatic rings. The molecular formula is C15H22N2OS. The van der Waals surface area contributed by atoms with E-state index in [1.54, 1.807) is 11.3 Å². The summed E-state index contributed by atoms with van der Waals surface area (Å²) < 4.78 is 0. The predicted molar refractivity (Wildman–Crippen MR) is 79.7 cm³/mol. The van der Waals surface area contributed by atoms with Crippen LogP contribution in [0.5, 0.6) is 0 Å². The average molecular weight is 278 g/mol. The summed E-state index contributed by atoms with van der Waals surface area (Å²) in [5.41, 5.74) is 8.25. The molecule has 0 unspecified atom stereocenters. The highest BCUT2D eigenvalue weighted by Gasteiger charge is 2.27. The number of nitrogens with zero attached hydrogens (tertiary/aromatic N) is 1. The van der Waals surface area contributed by atoms with E-state index >= 15 is 0 Å². The van der Waals surface area contributed by atoms with Gasteiger partial charge in [-0.15, -0.1) is 11.3 Å². The van der Waals surface area contributed by atoms with Crippen molar-refractivity contribution < 1.29 is 4.79 Å². The van der Waals surface area contributed by atoms with Crippen molar-refractivity contribution in [3.63, 3.8) is 0 Å². The monoisotopic (exact) mass is 278 g/mol. The van der Waals surface area contributed by atoms with Crippen LogP contribution in [0.25, 0.3) is 0 Å². The number of anilines is 1. The number of thiophene rings is 1. The molecular weight excluding hydrogens is 256 g/mol. The minimum atomic E-state index is 0.193. The molecule has 1 aliphatic heterocycles. The number of carbonyl (C=O) groups excluding carboxylic acids is 1. The molecule has 1 saturated heterocycles. The Morgan fingerprint density at radius 2 is 1.68 bits per heavy atom. The Balaban J connectivity index is 1.88. The van der Waals surface area contributed by atoms with Gasteiger partial charge in [0.15, 0.2) is 0 Å². The summed E-state index contributed by atoms with van der Waals surface area (Å²) in [6, 6.07) is 0. The van der Waals surface area contributed by atoms with Crippen molar-refractivity contribution in [3.8, 4) is 0 Å². The smallest absolute Gasteiger partial charge is 0.257 e. The fourth-order valence-electron chi connectivity index (χ4n) is 3.25. The molecule has 3 nitrogen and oxygen atoms in total. The van der Waals surface area contributed by atoms with Gasteiger partial charge in [0.25, 0.3) is 5.91 Å². The second-order valence-corrected chi connectivity index (χ2v) is 6.79. The summed E-state index contributed by atoms with van der Waals surface area (Å²) in [5.74, 6) is 0.193. The summed E-state index contributed by atoms with van der Waals surface area (Å²) >= 11 is 1.64. The van der Waals surface area contributed by atoms with Gasteiger partial charge in [-0.1, -0.05) is 12.8 Å². The molecule has 4 heteroatoms. The molecule has 19 heavy (non-hydrogen) atoms. The van der Waals surface area contributed by atoms with E-state index in [9.17, 15) is 4.79 Å². The Morgan fingerprint density at radius 1 is 1.00 bits per heavy atom. The topological polar surface area (TPSA) is 46.3 Å². The Hall–Kier alpha value is -1.03. The van der Waals surface area contributed by atoms with Crippen molar-refractivity contribution in [1.82, 2.24) is 4.90 Å². The van der Waals surface area contributed by atoms with E-state index in [-0.39, 0.29) is 5.91 Å². The van der Waals surface area contributed by atoms with Crippen LogP contribution in [0.4, 0.5) is 5.00 Å². The zero-order valence-electron chi connectivity index (χ0n) is 11.4. The van der Waals surface area contributed by atoms with Crippen molar-refractivity contribution in [3.05, 3.63) is 16.0 Å². The van der Waals surface area contributed by atoms with Gasteiger partial charge in [0.1, 0.15) is 0 Å². The van der Waals surface area contributed by atoms with Gasteiger partial charge < -0.3 is 10.6 Å². The third kappa shape index (κ3) is 2.50. The third-order valence-electron chi connectivity index (χ3n) is 4.31. The molecule has 0 saturated carbocycles. The summed E-state index contributed by atoms with van der Waals surface area (Å²) in [6.07, 6.45) is 9.36. The van der Waals surface area contributed by atoms with E-state index in [0.29, 0.717) is 0 Å². The molecule has 1 aliphatic carbocycles. The van der Waals surface area contributed by atoms with Crippen LogP contribution in [0.15, 0.2) is 0 Å². The molecule has 1 aromatic rings. The maximum atomic E-state index is 12.8. The van der Waals surface area contributed by atoms with Gasteiger partial charge in [-0.25, -0.2) is 0 Å². The van der Waals surface area contributed by atoms with Gasteiger partial charge >= 0.3 is 0 Å². The maximum Gasteiger partial charge on any atom is 0.257 e. The first-order valence-electron chi connectivity index (χ1n) is 7.46. The molecule has 1 fully saturated rings. The minimum absolute atomic E-state index is 0.193. The number of likely N-dealkylation sites (tertiary alicyclic amines) is 1. The predicted octanol–water partition coefficient (Wildman–Crippen LogP) is 3.23. The molecule has 0 aromatic carbocycles. The molecule has 3 rings (SSSR count). The van der Waals surface area contributed by atoms with Crippen molar-refractivity contribution in [2.75, 3.05) is 18.8 Å². The largest absolute Gasteiger partial charge is 0.390 e. The molecule has 0 radical (unpaired) electrons. The maximum absolute atomic E-state index is 12.8. The number of rotatable bonds is 1. The first-order chi connectivity index (χ1) is 9.27. The molecule has 104 valence electrons. The number of hydrogen-bond donors (Lipinski definition) is 1. The number of carbonyl (C=O) groups is 1. The fraction of sp³-hybridized carbons (Fsp3) is 0.667. The first kappa shape index (κ1) is 13.0. The third-order valence-corrected chi connectivity index (χ3v) is 5.43. The summed E-state index contributed by atoms with van der Waals surface area (Å²) in [4.78, 5) is 16.1. The number of fused-ring (bicyclic) bond motifs is 1. The van der Waals surface area contributed by atoms with Crippen LogP contribution >= 0.6 is 11.3 Å². The number of aryl methyl sites for hydroxylation is 1. The van der Waals surface area contributed by atoms with Crippen molar-refractivity contribution >= 4 is 22.2 Å². The van der Waals surface area contributed by atoms with Gasteiger partial charge in [0, 0.05) is 18.0 Å². The van der Waals surface area contributed by atoms with Crippen LogP contribution in [0.1, 0.15) is 59.3 Å². The Labute approximate surface area is 118 Å². The van der Waals surface area contributed by atoms with Crippen molar-refractivity contribution in [2.24, 2.45) is 0 Å². The number of amides is 1. The van der Waals surface area contributed by atoms with Gasteiger partial charge in [-0.2, -0.15) is 0 Å². The van der Waals surface area contributed by atoms with E-state index < -0.39 is 0 Å². The lowest BCUT2D eigenvalue weighted by Crippen LogP contribution is -2.32. The Bertz CT molecular complexity index is 473. The highest BCUT2D eigenvalue weighted by molar-refractivity contribution is 7.16. The Morgan fingerprint density at radius 3 is 2.42 bits per heavy atom. The van der Waals surface area contributed by atoms with Crippen LogP contribution in [0.3, 0.4) is 0 Å². The zero-order valence-corrected chi connectivity index (χ0v) is 12.2. The lowest BCUT2D eigenvalue weighted by atomic mass is 9.95. The number of hydrogen-bond acceptors (Lipinski definition) is 3. The van der Waals surface area contributed by atoms with Crippen LogP contribution < -0.4 is 5.73 Å². The quantitative estimate of drug-likeness (QED) is 0.857. The molecule has 2 heterocycles. The van der Waals surface area contributed by atoms with E-state index in [0.717, 1.165) is 49.3 Å². The summed E-state index contributed by atoms with van der Waals surface area (Å²) in [5, 5.41) is 0.751. The molecule has 1 aromatic heterocycles. The summed E-state index contributed by atoms with van der Waals surface area (Å²) in [6.45, 7) is 1.81. The van der Waals surface area contributed by atoms with Crippen LogP contribution in [0.2, 0.25) is 0 Å².